The molecule has 2 aromatic heterocycles. The van der Waals surface area contributed by atoms with E-state index in [0.717, 1.165) is 36.1 Å². The van der Waals surface area contributed by atoms with E-state index in [4.69, 9.17) is 4.74 Å². The summed E-state index contributed by atoms with van der Waals surface area (Å²) >= 11 is 8.78. The number of halogens is 2. The Labute approximate surface area is 153 Å². The molecule has 3 nitrogen and oxygen atoms in total. The molecule has 0 unspecified atom stereocenters. The van der Waals surface area contributed by atoms with Crippen LogP contribution in [0, 0.1) is 0 Å². The van der Waals surface area contributed by atoms with E-state index in [1.54, 1.807) is 17.5 Å². The number of thiazole rings is 1. The maximum Gasteiger partial charge on any atom is 0.160 e. The second-order valence-corrected chi connectivity index (χ2v) is 7.76. The first-order chi connectivity index (χ1) is 11.2. The van der Waals surface area contributed by atoms with Crippen LogP contribution in [0.3, 0.4) is 0 Å². The van der Waals surface area contributed by atoms with E-state index < -0.39 is 0 Å². The molecule has 0 fully saturated rings. The zero-order chi connectivity index (χ0) is 15.8. The van der Waals surface area contributed by atoms with Crippen LogP contribution >= 0.6 is 43.2 Å². The molecule has 0 saturated carbocycles. The Morgan fingerprint density at radius 3 is 2.78 bits per heavy atom. The Balaban J connectivity index is 1.70. The molecule has 4 rings (SSSR count). The number of hydrogen-bond donors (Lipinski definition) is 0. The summed E-state index contributed by atoms with van der Waals surface area (Å²) in [5.41, 5.74) is 1.84. The Hall–Kier alpha value is -1.50. The number of benzene rings is 2. The topological polar surface area (TPSA) is 35.0 Å². The van der Waals surface area contributed by atoms with Gasteiger partial charge in [-0.2, -0.15) is 0 Å². The number of ether oxygens (including phenoxy) is 1. The van der Waals surface area contributed by atoms with E-state index in [9.17, 15) is 0 Å². The van der Waals surface area contributed by atoms with E-state index in [1.165, 1.54) is 4.70 Å². The van der Waals surface area contributed by atoms with Gasteiger partial charge in [-0.3, -0.25) is 4.98 Å². The molecular formula is C17H10Br2N2OS. The highest BCUT2D eigenvalue weighted by Crippen LogP contribution is 2.37. The van der Waals surface area contributed by atoms with Crippen molar-refractivity contribution in [2.24, 2.45) is 0 Å². The number of para-hydroxylation sites is 1. The third-order valence-corrected chi connectivity index (χ3v) is 5.68. The Morgan fingerprint density at radius 1 is 1.04 bits per heavy atom. The molecule has 6 heteroatoms. The van der Waals surface area contributed by atoms with Gasteiger partial charge in [-0.15, -0.1) is 11.3 Å². The Kier molecular flexibility index (Phi) is 4.05. The van der Waals surface area contributed by atoms with Crippen molar-refractivity contribution < 1.29 is 4.74 Å². The molecule has 4 aromatic rings. The minimum atomic E-state index is 0.422. The molecule has 0 saturated heterocycles. The van der Waals surface area contributed by atoms with Gasteiger partial charge in [-0.1, -0.05) is 34.1 Å². The number of hydrogen-bond acceptors (Lipinski definition) is 4. The van der Waals surface area contributed by atoms with Gasteiger partial charge in [0, 0.05) is 16.1 Å². The quantitative estimate of drug-likeness (QED) is 0.387. The molecule has 114 valence electrons. The lowest BCUT2D eigenvalue weighted by atomic mass is 10.2. The van der Waals surface area contributed by atoms with Gasteiger partial charge in [-0.25, -0.2) is 4.98 Å². The summed E-state index contributed by atoms with van der Waals surface area (Å²) in [7, 11) is 0. The van der Waals surface area contributed by atoms with Crippen LogP contribution < -0.4 is 4.74 Å². The number of nitrogens with zero attached hydrogens (tertiary/aromatic N) is 2. The molecule has 0 aliphatic carbocycles. The third-order valence-electron chi connectivity index (χ3n) is 3.43. The first-order valence-corrected chi connectivity index (χ1v) is 9.32. The minimum Gasteiger partial charge on any atom is -0.483 e. The van der Waals surface area contributed by atoms with Gasteiger partial charge < -0.3 is 4.74 Å². The van der Waals surface area contributed by atoms with Crippen LogP contribution in [0.4, 0.5) is 0 Å². The first kappa shape index (κ1) is 15.1. The maximum absolute atomic E-state index is 6.04. The van der Waals surface area contributed by atoms with Crippen LogP contribution in [-0.4, -0.2) is 9.97 Å². The largest absolute Gasteiger partial charge is 0.483 e. The van der Waals surface area contributed by atoms with Crippen molar-refractivity contribution in [3.05, 3.63) is 62.6 Å². The van der Waals surface area contributed by atoms with E-state index in [0.29, 0.717) is 6.61 Å². The molecule has 0 amide bonds. The monoisotopic (exact) mass is 448 g/mol. The Morgan fingerprint density at radius 2 is 1.91 bits per heavy atom. The van der Waals surface area contributed by atoms with Crippen LogP contribution in [0.2, 0.25) is 0 Å². The van der Waals surface area contributed by atoms with Gasteiger partial charge in [0.05, 0.1) is 14.7 Å². The van der Waals surface area contributed by atoms with E-state index >= 15 is 0 Å². The zero-order valence-corrected chi connectivity index (χ0v) is 15.8. The maximum atomic E-state index is 6.04. The highest BCUT2D eigenvalue weighted by molar-refractivity contribution is 9.11. The van der Waals surface area contributed by atoms with Crippen LogP contribution in [-0.2, 0) is 6.61 Å². The van der Waals surface area contributed by atoms with Crippen molar-refractivity contribution in [3.8, 4) is 5.75 Å². The molecule has 23 heavy (non-hydrogen) atoms. The average molecular weight is 450 g/mol. The first-order valence-electron chi connectivity index (χ1n) is 6.92. The average Bonchev–Trinajstić information content (AvgIpc) is 2.97. The SMILES string of the molecule is Brc1cc(Br)c2cccnc2c1OCc1nc2ccccc2s1. The Bertz CT molecular complexity index is 983. The smallest absolute Gasteiger partial charge is 0.160 e. The van der Waals surface area contributed by atoms with Gasteiger partial charge in [0.15, 0.2) is 5.75 Å². The summed E-state index contributed by atoms with van der Waals surface area (Å²) in [6.07, 6.45) is 1.77. The van der Waals surface area contributed by atoms with Crippen molar-refractivity contribution in [1.82, 2.24) is 9.97 Å². The summed E-state index contributed by atoms with van der Waals surface area (Å²) in [4.78, 5) is 9.06. The van der Waals surface area contributed by atoms with Crippen LogP contribution in [0.15, 0.2) is 57.6 Å². The third kappa shape index (κ3) is 2.86. The normalized spacial score (nSPS) is 11.2. The fraction of sp³-hybridized carbons (Fsp3) is 0.0588. The second kappa shape index (κ2) is 6.19. The fourth-order valence-electron chi connectivity index (χ4n) is 2.40. The summed E-state index contributed by atoms with van der Waals surface area (Å²) in [5.74, 6) is 0.739. The predicted octanol–water partition coefficient (Wildman–Crippen LogP) is 5.95. The molecular weight excluding hydrogens is 440 g/mol. The lowest BCUT2D eigenvalue weighted by Gasteiger charge is -2.10. The highest BCUT2D eigenvalue weighted by Gasteiger charge is 2.13. The second-order valence-electron chi connectivity index (χ2n) is 4.93. The molecule has 2 aromatic carbocycles. The number of aromatic nitrogens is 2. The molecule has 0 aliphatic heterocycles. The summed E-state index contributed by atoms with van der Waals surface area (Å²) < 4.78 is 9.07. The highest BCUT2D eigenvalue weighted by atomic mass is 79.9. The van der Waals surface area contributed by atoms with Crippen LogP contribution in [0.1, 0.15) is 5.01 Å². The predicted molar refractivity (Wildman–Crippen MR) is 101 cm³/mol. The summed E-state index contributed by atoms with van der Waals surface area (Å²) in [5, 5.41) is 1.97. The molecule has 0 spiro atoms. The van der Waals surface area contributed by atoms with Crippen LogP contribution in [0.5, 0.6) is 5.75 Å². The molecule has 0 atom stereocenters. The molecule has 2 heterocycles. The van der Waals surface area contributed by atoms with Crippen molar-refractivity contribution >= 4 is 64.3 Å². The van der Waals surface area contributed by atoms with E-state index in [1.807, 2.05) is 36.4 Å². The number of pyridine rings is 1. The molecule has 0 aliphatic rings. The standard InChI is InChI=1S/C17H10Br2N2OS/c18-11-8-12(19)17(16-10(11)4-3-7-20-16)22-9-15-21-13-5-1-2-6-14(13)23-15/h1-8H,9H2. The van der Waals surface area contributed by atoms with Crippen molar-refractivity contribution in [2.75, 3.05) is 0 Å². The van der Waals surface area contributed by atoms with Crippen molar-refractivity contribution in [2.45, 2.75) is 6.61 Å². The fourth-order valence-corrected chi connectivity index (χ4v) is 4.67. The van der Waals surface area contributed by atoms with Gasteiger partial charge >= 0.3 is 0 Å². The van der Waals surface area contributed by atoms with Crippen molar-refractivity contribution in [3.63, 3.8) is 0 Å². The zero-order valence-electron chi connectivity index (χ0n) is 11.8. The number of rotatable bonds is 3. The van der Waals surface area contributed by atoms with Gasteiger partial charge in [0.2, 0.25) is 0 Å². The van der Waals surface area contributed by atoms with Crippen molar-refractivity contribution in [1.29, 1.82) is 0 Å². The van der Waals surface area contributed by atoms with Gasteiger partial charge in [0.25, 0.3) is 0 Å². The summed E-state index contributed by atoms with van der Waals surface area (Å²) in [6.45, 7) is 0.422. The molecule has 0 N–H and O–H groups in total. The summed E-state index contributed by atoms with van der Waals surface area (Å²) in [6, 6.07) is 14.0. The van der Waals surface area contributed by atoms with Gasteiger partial charge in [0.1, 0.15) is 17.1 Å². The molecule has 0 bridgehead atoms. The lowest BCUT2D eigenvalue weighted by molar-refractivity contribution is 0.307. The van der Waals surface area contributed by atoms with E-state index in [2.05, 4.69) is 47.9 Å². The minimum absolute atomic E-state index is 0.422. The van der Waals surface area contributed by atoms with Gasteiger partial charge in [-0.05, 0) is 40.2 Å². The lowest BCUT2D eigenvalue weighted by Crippen LogP contribution is -1.97. The number of fused-ring (bicyclic) bond motifs is 2. The van der Waals surface area contributed by atoms with Crippen LogP contribution in [0.25, 0.3) is 21.1 Å². The van der Waals surface area contributed by atoms with E-state index in [-0.39, 0.29) is 0 Å². The molecule has 0 radical (unpaired) electrons.